The largest absolute Gasteiger partial charge is 0.496 e. The Morgan fingerprint density at radius 1 is 0.519 bits per heavy atom. The van der Waals surface area contributed by atoms with Crippen LogP contribution in [0.15, 0.2) is 133 Å². The Balaban J connectivity index is 1.29. The van der Waals surface area contributed by atoms with Crippen LogP contribution in [-0.4, -0.2) is 27.4 Å². The normalized spacial score (nSPS) is 18.5. The Morgan fingerprint density at radius 3 is 1.37 bits per heavy atom. The average molecular weight is 689 g/mol. The highest BCUT2D eigenvalue weighted by Gasteiger charge is 2.42. The monoisotopic (exact) mass is 688 g/mol. The van der Waals surface area contributed by atoms with E-state index in [1.165, 1.54) is 0 Å². The van der Waals surface area contributed by atoms with E-state index in [1.807, 2.05) is 86.6 Å². The molecule has 0 amide bonds. The molecule has 0 fully saturated rings. The molecule has 2 atom stereocenters. The molecular weight excluding hydrogens is 649 g/mol. The summed E-state index contributed by atoms with van der Waals surface area (Å²) < 4.78 is 37.9. The molecule has 52 heavy (non-hydrogen) atoms. The molecule has 0 saturated carbocycles. The highest BCUT2D eigenvalue weighted by atomic mass is 16.5. The van der Waals surface area contributed by atoms with E-state index in [2.05, 4.69) is 72.8 Å². The number of ether oxygens (including phenoxy) is 6. The molecule has 0 bridgehead atoms. The molecule has 0 aliphatic carbocycles. The van der Waals surface area contributed by atoms with Gasteiger partial charge in [-0.2, -0.15) is 0 Å². The zero-order valence-electron chi connectivity index (χ0n) is 29.7. The van der Waals surface area contributed by atoms with Gasteiger partial charge in [0, 0.05) is 50.9 Å². The lowest BCUT2D eigenvalue weighted by molar-refractivity contribution is 0.156. The van der Waals surface area contributed by atoms with Crippen LogP contribution >= 0.6 is 0 Å². The smallest absolute Gasteiger partial charge is 0.181 e. The molecule has 260 valence electrons. The van der Waals surface area contributed by atoms with Gasteiger partial charge in [-0.1, -0.05) is 72.8 Å². The molecule has 0 radical (unpaired) electrons. The molecule has 6 aromatic rings. The van der Waals surface area contributed by atoms with Crippen molar-refractivity contribution in [3.8, 4) is 34.5 Å². The van der Waals surface area contributed by atoms with Crippen molar-refractivity contribution in [2.24, 2.45) is 0 Å². The van der Waals surface area contributed by atoms with Crippen LogP contribution in [0.5, 0.6) is 34.5 Å². The van der Waals surface area contributed by atoms with E-state index in [0.29, 0.717) is 24.7 Å². The van der Waals surface area contributed by atoms with Crippen molar-refractivity contribution in [2.45, 2.75) is 25.0 Å². The summed E-state index contributed by atoms with van der Waals surface area (Å²) in [5.74, 6) is 4.35. The predicted octanol–water partition coefficient (Wildman–Crippen LogP) is 10.4. The fourth-order valence-electron chi connectivity index (χ4n) is 7.51. The summed E-state index contributed by atoms with van der Waals surface area (Å²) in [7, 11) is 3.36. The van der Waals surface area contributed by atoms with Crippen molar-refractivity contribution in [3.05, 3.63) is 167 Å². The third-order valence-electron chi connectivity index (χ3n) is 9.87. The Bertz CT molecular complexity index is 2150. The van der Waals surface area contributed by atoms with Gasteiger partial charge in [-0.05, 0) is 79.9 Å². The average Bonchev–Trinajstić information content (AvgIpc) is 3.20. The van der Waals surface area contributed by atoms with Crippen LogP contribution < -0.4 is 28.4 Å². The molecule has 0 spiro atoms. The first-order chi connectivity index (χ1) is 25.5. The Morgan fingerprint density at radius 2 is 0.962 bits per heavy atom. The van der Waals surface area contributed by atoms with E-state index in [0.717, 1.165) is 67.2 Å². The number of fused-ring (bicyclic) bond motifs is 5. The van der Waals surface area contributed by atoms with E-state index in [4.69, 9.17) is 28.4 Å². The molecule has 2 aliphatic rings. The molecule has 0 N–H and O–H groups in total. The van der Waals surface area contributed by atoms with Gasteiger partial charge in [-0.25, -0.2) is 0 Å². The minimum Gasteiger partial charge on any atom is -0.496 e. The predicted molar refractivity (Wildman–Crippen MR) is 206 cm³/mol. The number of rotatable bonds is 10. The fourth-order valence-corrected chi connectivity index (χ4v) is 7.51. The van der Waals surface area contributed by atoms with Gasteiger partial charge in [-0.3, -0.25) is 0 Å². The summed E-state index contributed by atoms with van der Waals surface area (Å²) >= 11 is 0. The van der Waals surface area contributed by atoms with Crippen LogP contribution in [-0.2, 0) is 11.2 Å². The van der Waals surface area contributed by atoms with Gasteiger partial charge in [0.05, 0.1) is 27.4 Å². The SMILES string of the molecule is CCOc1ccc(C2(c3ccccc3)C=Cc3c(ccc4ccc5c(c34)C=CC(c3ccccc3)(c3ccc(OCC)cc3OC)O5)O2)c(OC)c1. The first-order valence-electron chi connectivity index (χ1n) is 17.6. The summed E-state index contributed by atoms with van der Waals surface area (Å²) in [5, 5.41) is 2.12. The van der Waals surface area contributed by atoms with Gasteiger partial charge >= 0.3 is 0 Å². The van der Waals surface area contributed by atoms with Crippen LogP contribution in [0.2, 0.25) is 0 Å². The molecule has 2 heterocycles. The minimum atomic E-state index is -0.953. The minimum absolute atomic E-state index is 0.561. The molecule has 6 heteroatoms. The summed E-state index contributed by atoms with van der Waals surface area (Å²) in [4.78, 5) is 0. The Hall–Kier alpha value is -6.14. The van der Waals surface area contributed by atoms with E-state index < -0.39 is 11.2 Å². The molecule has 2 aliphatic heterocycles. The van der Waals surface area contributed by atoms with E-state index >= 15 is 0 Å². The van der Waals surface area contributed by atoms with Crippen molar-refractivity contribution >= 4 is 22.9 Å². The van der Waals surface area contributed by atoms with Gasteiger partial charge in [0.25, 0.3) is 0 Å². The lowest BCUT2D eigenvalue weighted by Crippen LogP contribution is -2.35. The lowest BCUT2D eigenvalue weighted by atomic mass is 9.81. The van der Waals surface area contributed by atoms with Crippen molar-refractivity contribution < 1.29 is 28.4 Å². The third kappa shape index (κ3) is 5.43. The topological polar surface area (TPSA) is 55.4 Å². The van der Waals surface area contributed by atoms with Crippen LogP contribution in [0.1, 0.15) is 47.2 Å². The van der Waals surface area contributed by atoms with E-state index in [1.54, 1.807) is 14.2 Å². The van der Waals surface area contributed by atoms with Gasteiger partial charge < -0.3 is 28.4 Å². The maximum Gasteiger partial charge on any atom is 0.181 e. The van der Waals surface area contributed by atoms with Gasteiger partial charge in [0.1, 0.15) is 34.5 Å². The fraction of sp³-hybridized carbons (Fsp3) is 0.174. The quantitative estimate of drug-likeness (QED) is 0.143. The van der Waals surface area contributed by atoms with E-state index in [9.17, 15) is 0 Å². The Labute approximate surface area is 304 Å². The lowest BCUT2D eigenvalue weighted by Gasteiger charge is -2.38. The van der Waals surface area contributed by atoms with Crippen LogP contribution in [0.3, 0.4) is 0 Å². The Kier molecular flexibility index (Phi) is 8.59. The van der Waals surface area contributed by atoms with Crippen molar-refractivity contribution in [1.29, 1.82) is 0 Å². The maximum atomic E-state index is 7.17. The molecule has 6 nitrogen and oxygen atoms in total. The van der Waals surface area contributed by atoms with Crippen molar-refractivity contribution in [2.75, 3.05) is 27.4 Å². The standard InChI is InChI=1S/C46H40O6/c1-5-49-34-19-21-38(42(29-34)47-3)45(32-13-9-7-10-14-32)27-25-36-40(51-45)23-17-31-18-24-41-37(44(31)36)26-28-46(52-41,33-15-11-8-12-16-33)39-22-20-35(50-6-2)30-43(39)48-4/h7-30H,5-6H2,1-4H3. The molecule has 6 aromatic carbocycles. The van der Waals surface area contributed by atoms with Gasteiger partial charge in [0.2, 0.25) is 0 Å². The second kappa shape index (κ2) is 13.5. The van der Waals surface area contributed by atoms with Crippen molar-refractivity contribution in [3.63, 3.8) is 0 Å². The first-order valence-corrected chi connectivity index (χ1v) is 17.6. The molecule has 2 unspecified atom stereocenters. The second-order valence-electron chi connectivity index (χ2n) is 12.7. The molecule has 0 saturated heterocycles. The van der Waals surface area contributed by atoms with Crippen LogP contribution in [0.25, 0.3) is 22.9 Å². The van der Waals surface area contributed by atoms with Crippen LogP contribution in [0.4, 0.5) is 0 Å². The van der Waals surface area contributed by atoms with Crippen molar-refractivity contribution in [1.82, 2.24) is 0 Å². The zero-order valence-corrected chi connectivity index (χ0v) is 29.7. The molecular formula is C46H40O6. The highest BCUT2D eigenvalue weighted by molar-refractivity contribution is 6.02. The summed E-state index contributed by atoms with van der Waals surface area (Å²) in [6.45, 7) is 5.06. The van der Waals surface area contributed by atoms with Gasteiger partial charge in [-0.15, -0.1) is 0 Å². The summed E-state index contributed by atoms with van der Waals surface area (Å²) in [6, 6.07) is 40.7. The maximum absolute atomic E-state index is 7.17. The number of methoxy groups -OCH3 is 2. The first kappa shape index (κ1) is 33.0. The van der Waals surface area contributed by atoms with Gasteiger partial charge in [0.15, 0.2) is 11.2 Å². The number of benzene rings is 6. The summed E-state index contributed by atoms with van der Waals surface area (Å²) in [5.41, 5.74) is 3.76. The second-order valence-corrected chi connectivity index (χ2v) is 12.7. The molecule has 0 aromatic heterocycles. The zero-order chi connectivity index (χ0) is 35.7. The highest BCUT2D eigenvalue weighted by Crippen LogP contribution is 2.51. The third-order valence-corrected chi connectivity index (χ3v) is 9.87. The van der Waals surface area contributed by atoms with Crippen LogP contribution in [0, 0.1) is 0 Å². The van der Waals surface area contributed by atoms with E-state index in [-0.39, 0.29) is 0 Å². The molecule has 8 rings (SSSR count). The number of hydrogen-bond donors (Lipinski definition) is 0. The summed E-state index contributed by atoms with van der Waals surface area (Å²) in [6.07, 6.45) is 8.61. The number of hydrogen-bond acceptors (Lipinski definition) is 6.